The maximum atomic E-state index is 13.0. The molecule has 1 saturated carbocycles. The molecule has 2 N–H and O–H groups in total. The lowest BCUT2D eigenvalue weighted by Gasteiger charge is -2.17. The number of fused-ring (bicyclic) bond motifs is 2. The van der Waals surface area contributed by atoms with Crippen LogP contribution in [0.15, 0.2) is 56.8 Å². The number of nitrogens with zero attached hydrogens (tertiary/aromatic N) is 2. The van der Waals surface area contributed by atoms with E-state index in [1.54, 1.807) is 36.4 Å². The zero-order valence-corrected chi connectivity index (χ0v) is 17.9. The predicted octanol–water partition coefficient (Wildman–Crippen LogP) is 3.41. The number of benzene rings is 2. The number of amidine groups is 1. The van der Waals surface area contributed by atoms with Gasteiger partial charge in [0.2, 0.25) is 5.91 Å². The van der Waals surface area contributed by atoms with Gasteiger partial charge >= 0.3 is 0 Å². The molecule has 8 nitrogen and oxygen atoms in total. The summed E-state index contributed by atoms with van der Waals surface area (Å²) in [6.45, 7) is 3.73. The number of hydrogen-bond acceptors (Lipinski definition) is 6. The Balaban J connectivity index is 1.41. The van der Waals surface area contributed by atoms with Crippen molar-refractivity contribution in [1.29, 1.82) is 0 Å². The van der Waals surface area contributed by atoms with Gasteiger partial charge in [-0.15, -0.1) is 0 Å². The summed E-state index contributed by atoms with van der Waals surface area (Å²) in [5, 5.41) is 2.88. The largest absolute Gasteiger partial charge is 0.440 e. The second-order valence-corrected chi connectivity index (χ2v) is 9.92. The van der Waals surface area contributed by atoms with Crippen LogP contribution in [-0.4, -0.2) is 31.2 Å². The van der Waals surface area contributed by atoms with Gasteiger partial charge in [-0.05, 0) is 49.1 Å². The van der Waals surface area contributed by atoms with E-state index in [4.69, 9.17) is 4.42 Å². The molecule has 1 fully saturated rings. The molecule has 0 spiro atoms. The molecule has 2 heterocycles. The number of anilines is 1. The highest BCUT2D eigenvalue weighted by Gasteiger charge is 2.33. The Hall–Kier alpha value is -3.20. The Morgan fingerprint density at radius 1 is 1.23 bits per heavy atom. The van der Waals surface area contributed by atoms with Crippen LogP contribution in [0.2, 0.25) is 0 Å². The number of hydrogen-bond donors (Lipinski definition) is 2. The summed E-state index contributed by atoms with van der Waals surface area (Å²) >= 11 is 0. The zero-order chi connectivity index (χ0) is 21.8. The fraction of sp³-hybridized carbons (Fsp3) is 0.318. The van der Waals surface area contributed by atoms with E-state index in [2.05, 4.69) is 20.0 Å². The molecule has 0 radical (unpaired) electrons. The quantitative estimate of drug-likeness (QED) is 0.634. The minimum Gasteiger partial charge on any atom is -0.440 e. The molecule has 1 amide bonds. The third-order valence-electron chi connectivity index (χ3n) is 5.43. The van der Waals surface area contributed by atoms with Gasteiger partial charge in [-0.25, -0.2) is 13.4 Å². The fourth-order valence-electron chi connectivity index (χ4n) is 3.62. The zero-order valence-electron chi connectivity index (χ0n) is 17.1. The summed E-state index contributed by atoms with van der Waals surface area (Å²) < 4.78 is 32.9. The van der Waals surface area contributed by atoms with Gasteiger partial charge < -0.3 is 9.73 Å². The number of aliphatic imine (C=N–C) groups is 1. The van der Waals surface area contributed by atoms with Crippen molar-refractivity contribution in [2.24, 2.45) is 10.9 Å². The first-order valence-corrected chi connectivity index (χ1v) is 11.7. The number of nitrogens with one attached hydrogen (secondary N) is 2. The van der Waals surface area contributed by atoms with Gasteiger partial charge in [0.1, 0.15) is 17.4 Å². The molecule has 1 aromatic heterocycles. The third-order valence-corrected chi connectivity index (χ3v) is 6.83. The van der Waals surface area contributed by atoms with Crippen molar-refractivity contribution in [2.45, 2.75) is 43.5 Å². The van der Waals surface area contributed by atoms with Gasteiger partial charge in [-0.3, -0.25) is 14.5 Å². The number of carbonyl (C=O) groups is 1. The van der Waals surface area contributed by atoms with Crippen LogP contribution in [0.1, 0.15) is 44.1 Å². The van der Waals surface area contributed by atoms with Crippen molar-refractivity contribution < 1.29 is 17.6 Å². The Morgan fingerprint density at radius 2 is 2.00 bits per heavy atom. The molecule has 31 heavy (non-hydrogen) atoms. The van der Waals surface area contributed by atoms with Crippen molar-refractivity contribution in [3.63, 3.8) is 0 Å². The fourth-order valence-corrected chi connectivity index (χ4v) is 4.86. The van der Waals surface area contributed by atoms with E-state index in [0.717, 1.165) is 18.7 Å². The van der Waals surface area contributed by atoms with Crippen molar-refractivity contribution in [2.75, 3.05) is 5.32 Å². The Morgan fingerprint density at radius 3 is 2.74 bits per heavy atom. The lowest BCUT2D eigenvalue weighted by atomic mass is 10.0. The predicted molar refractivity (Wildman–Crippen MR) is 117 cm³/mol. The first kappa shape index (κ1) is 19.7. The summed E-state index contributed by atoms with van der Waals surface area (Å²) in [5.74, 6) is 0.866. The van der Waals surface area contributed by atoms with Crippen LogP contribution in [0.4, 0.5) is 5.69 Å². The standard InChI is InChI=1S/C22H22N4O4S/c1-12(2)19(25-20-15-5-3-4-6-18(15)31(28,29)26-20)21(27)23-14-9-10-17-16(11-14)24-22(30-17)13-7-8-13/h3-6,9-13,19H,7-8H2,1-2H3,(H,23,27)(H,25,26)/t19-/m0/s1. The highest BCUT2D eigenvalue weighted by atomic mass is 32.2. The molecule has 0 saturated heterocycles. The van der Waals surface area contributed by atoms with Crippen molar-refractivity contribution >= 4 is 38.6 Å². The van der Waals surface area contributed by atoms with E-state index in [1.807, 2.05) is 13.8 Å². The smallest absolute Gasteiger partial charge is 0.263 e. The maximum absolute atomic E-state index is 13.0. The first-order chi connectivity index (χ1) is 14.8. The Bertz CT molecular complexity index is 1320. The van der Waals surface area contributed by atoms with E-state index in [0.29, 0.717) is 28.3 Å². The highest BCUT2D eigenvalue weighted by molar-refractivity contribution is 7.90. The van der Waals surface area contributed by atoms with Crippen molar-refractivity contribution in [3.05, 3.63) is 53.9 Å². The van der Waals surface area contributed by atoms with Crippen LogP contribution in [-0.2, 0) is 14.8 Å². The SMILES string of the molecule is CC(C)[C@H](N=C1NS(=O)(=O)c2ccccc21)C(=O)Nc1ccc2oc(C3CC3)nc2c1. The summed E-state index contributed by atoms with van der Waals surface area (Å²) in [6, 6.07) is 11.2. The van der Waals surface area contributed by atoms with Crippen LogP contribution < -0.4 is 10.0 Å². The number of sulfonamides is 1. The normalized spacial score (nSPS) is 19.4. The lowest BCUT2D eigenvalue weighted by molar-refractivity contribution is -0.118. The summed E-state index contributed by atoms with van der Waals surface area (Å²) in [5.41, 5.74) is 2.45. The highest BCUT2D eigenvalue weighted by Crippen LogP contribution is 2.40. The van der Waals surface area contributed by atoms with Gasteiger partial charge in [0.05, 0.1) is 4.90 Å². The van der Waals surface area contributed by atoms with Crippen LogP contribution in [0.3, 0.4) is 0 Å². The van der Waals surface area contributed by atoms with Crippen LogP contribution in [0.25, 0.3) is 11.1 Å². The molecule has 2 aliphatic rings. The molecule has 160 valence electrons. The van der Waals surface area contributed by atoms with Crippen molar-refractivity contribution in [3.8, 4) is 0 Å². The molecule has 5 rings (SSSR count). The van der Waals surface area contributed by atoms with E-state index in [1.165, 1.54) is 6.07 Å². The molecular weight excluding hydrogens is 416 g/mol. The topological polar surface area (TPSA) is 114 Å². The number of oxazole rings is 1. The molecule has 9 heteroatoms. The lowest BCUT2D eigenvalue weighted by Crippen LogP contribution is -2.34. The van der Waals surface area contributed by atoms with Crippen LogP contribution >= 0.6 is 0 Å². The number of amides is 1. The third kappa shape index (κ3) is 3.69. The minimum atomic E-state index is -3.67. The van der Waals surface area contributed by atoms with Crippen LogP contribution in [0, 0.1) is 5.92 Å². The first-order valence-electron chi connectivity index (χ1n) is 10.2. The maximum Gasteiger partial charge on any atom is 0.263 e. The molecule has 1 aliphatic heterocycles. The van der Waals surface area contributed by atoms with Gasteiger partial charge in [0.15, 0.2) is 11.5 Å². The average Bonchev–Trinajstić information content (AvgIpc) is 3.44. The van der Waals surface area contributed by atoms with Gasteiger partial charge in [0, 0.05) is 17.2 Å². The van der Waals surface area contributed by atoms with Gasteiger partial charge in [-0.1, -0.05) is 26.0 Å². The average molecular weight is 439 g/mol. The molecular formula is C22H22N4O4S. The summed E-state index contributed by atoms with van der Waals surface area (Å²) in [4.78, 5) is 22.2. The van der Waals surface area contributed by atoms with E-state index in [9.17, 15) is 13.2 Å². The Labute approximate surface area is 179 Å². The monoisotopic (exact) mass is 438 g/mol. The van der Waals surface area contributed by atoms with Crippen LogP contribution in [0.5, 0.6) is 0 Å². The second-order valence-electron chi connectivity index (χ2n) is 8.27. The van der Waals surface area contributed by atoms with E-state index >= 15 is 0 Å². The Kier molecular flexibility index (Phi) is 4.58. The van der Waals surface area contributed by atoms with E-state index < -0.39 is 16.1 Å². The van der Waals surface area contributed by atoms with Gasteiger partial charge in [-0.2, -0.15) is 0 Å². The summed E-state index contributed by atoms with van der Waals surface area (Å²) in [7, 11) is -3.67. The second kappa shape index (κ2) is 7.19. The molecule has 1 aliphatic carbocycles. The number of aromatic nitrogens is 1. The molecule has 0 unspecified atom stereocenters. The minimum absolute atomic E-state index is 0.151. The number of carbonyl (C=O) groups excluding carboxylic acids is 1. The molecule has 0 bridgehead atoms. The molecule has 2 aromatic carbocycles. The van der Waals surface area contributed by atoms with Gasteiger partial charge in [0.25, 0.3) is 10.0 Å². The van der Waals surface area contributed by atoms with E-state index in [-0.39, 0.29) is 22.6 Å². The molecule has 3 aromatic rings. The summed E-state index contributed by atoms with van der Waals surface area (Å²) in [6.07, 6.45) is 2.19. The van der Waals surface area contributed by atoms with Crippen molar-refractivity contribution in [1.82, 2.24) is 9.71 Å². The molecule has 1 atom stereocenters. The number of rotatable bonds is 5.